The normalized spacial score (nSPS) is 10.3. The van der Waals surface area contributed by atoms with Gasteiger partial charge in [0.1, 0.15) is 5.60 Å². The van der Waals surface area contributed by atoms with Crippen molar-refractivity contribution in [1.82, 2.24) is 4.98 Å². The van der Waals surface area contributed by atoms with Gasteiger partial charge in [0.15, 0.2) is 3.95 Å². The number of benzene rings is 4. The molecule has 0 spiro atoms. The number of hydrogen-bond acceptors (Lipinski definition) is 5. The molecule has 0 unspecified atom stereocenters. The molecule has 0 amide bonds. The Morgan fingerprint density at radius 1 is 0.800 bits per heavy atom. The second kappa shape index (κ2) is 12.9. The van der Waals surface area contributed by atoms with Crippen LogP contribution in [0.15, 0.2) is 115 Å². The van der Waals surface area contributed by atoms with E-state index in [1.54, 1.807) is 11.3 Å². The average Bonchev–Trinajstić information content (AvgIpc) is 3.30. The molecule has 0 atom stereocenters. The van der Waals surface area contributed by atoms with Gasteiger partial charge in [-0.25, -0.2) is 0 Å². The zero-order chi connectivity index (χ0) is 25.1. The van der Waals surface area contributed by atoms with Crippen LogP contribution in [0, 0.1) is 9.36 Å². The van der Waals surface area contributed by atoms with E-state index in [9.17, 15) is 9.90 Å². The van der Waals surface area contributed by atoms with Crippen LogP contribution in [-0.4, -0.2) is 21.4 Å². The van der Waals surface area contributed by atoms with E-state index < -0.39 is 10.7 Å². The highest BCUT2D eigenvalue weighted by Gasteiger charge is 2.33. The van der Waals surface area contributed by atoms with Crippen molar-refractivity contribution in [3.63, 3.8) is 0 Å². The second-order valence-corrected chi connectivity index (χ2v) is 9.46. The SMILES string of the molecule is N=CC(=O)S.OC(c1ccccc1)(c1ccccc1)c1ccccc1.S=c1[nH]c2ccccc2s1. The van der Waals surface area contributed by atoms with Gasteiger partial charge in [-0.05, 0) is 41.0 Å². The Bertz CT molecular complexity index is 1280. The maximum Gasteiger partial charge on any atom is 0.226 e. The molecule has 3 N–H and O–H groups in total. The first-order chi connectivity index (χ1) is 16.9. The summed E-state index contributed by atoms with van der Waals surface area (Å²) in [4.78, 5) is 12.5. The summed E-state index contributed by atoms with van der Waals surface area (Å²) in [6.07, 6.45) is 0.642. The number of aliphatic hydroxyl groups is 1. The van der Waals surface area contributed by atoms with Crippen LogP contribution in [0.3, 0.4) is 0 Å². The van der Waals surface area contributed by atoms with E-state index in [0.717, 1.165) is 26.2 Å². The highest BCUT2D eigenvalue weighted by atomic mass is 32.1. The van der Waals surface area contributed by atoms with Crippen molar-refractivity contribution in [3.8, 4) is 0 Å². The van der Waals surface area contributed by atoms with Crippen LogP contribution < -0.4 is 0 Å². The summed E-state index contributed by atoms with van der Waals surface area (Å²) in [5, 5.41) is 17.0. The molecule has 0 aliphatic rings. The van der Waals surface area contributed by atoms with Gasteiger partial charge >= 0.3 is 0 Å². The topological polar surface area (TPSA) is 76.9 Å². The monoisotopic (exact) mass is 516 g/mol. The van der Waals surface area contributed by atoms with E-state index in [2.05, 4.69) is 23.7 Å². The van der Waals surface area contributed by atoms with Gasteiger partial charge in [-0.15, -0.1) is 11.3 Å². The van der Waals surface area contributed by atoms with Crippen LogP contribution in [0.5, 0.6) is 0 Å². The molecular weight excluding hydrogens is 493 g/mol. The lowest BCUT2D eigenvalue weighted by molar-refractivity contribution is -0.105. The van der Waals surface area contributed by atoms with Crippen molar-refractivity contribution in [2.45, 2.75) is 5.60 Å². The smallest absolute Gasteiger partial charge is 0.226 e. The van der Waals surface area contributed by atoms with Gasteiger partial charge in [-0.3, -0.25) is 4.79 Å². The molecule has 176 valence electrons. The fourth-order valence-electron chi connectivity index (χ4n) is 3.43. The zero-order valence-electron chi connectivity index (χ0n) is 18.7. The number of nitrogens with one attached hydrogen (secondary N) is 2. The molecule has 4 nitrogen and oxygen atoms in total. The molecule has 1 heterocycles. The van der Waals surface area contributed by atoms with Gasteiger partial charge in [-0.1, -0.05) is 116 Å². The zero-order valence-corrected chi connectivity index (χ0v) is 21.2. The van der Waals surface area contributed by atoms with Gasteiger partial charge < -0.3 is 15.5 Å². The highest BCUT2D eigenvalue weighted by molar-refractivity contribution is 7.98. The molecule has 7 heteroatoms. The molecule has 4 aromatic carbocycles. The summed E-state index contributed by atoms with van der Waals surface area (Å²) < 4.78 is 2.08. The van der Waals surface area contributed by atoms with Crippen LogP contribution in [0.2, 0.25) is 0 Å². The molecule has 35 heavy (non-hydrogen) atoms. The maximum absolute atomic E-state index is 11.4. The number of para-hydroxylation sites is 1. The molecule has 0 saturated heterocycles. The van der Waals surface area contributed by atoms with Gasteiger partial charge in [0.05, 0.1) is 16.4 Å². The molecule has 0 aliphatic heterocycles. The van der Waals surface area contributed by atoms with Crippen LogP contribution in [-0.2, 0) is 10.4 Å². The lowest BCUT2D eigenvalue weighted by atomic mass is 9.80. The molecule has 0 bridgehead atoms. The van der Waals surface area contributed by atoms with E-state index in [-0.39, 0.29) is 0 Å². The van der Waals surface area contributed by atoms with Crippen LogP contribution >= 0.6 is 36.2 Å². The van der Waals surface area contributed by atoms with E-state index in [0.29, 0.717) is 6.21 Å². The molecular formula is C28H24N2O2S3. The lowest BCUT2D eigenvalue weighted by Crippen LogP contribution is -2.28. The maximum atomic E-state index is 11.4. The number of fused-ring (bicyclic) bond motifs is 1. The Morgan fingerprint density at radius 2 is 1.17 bits per heavy atom. The molecule has 0 fully saturated rings. The predicted octanol–water partition coefficient (Wildman–Crippen LogP) is 7.02. The summed E-state index contributed by atoms with van der Waals surface area (Å²) in [5.41, 5.74) is 2.63. The quantitative estimate of drug-likeness (QED) is 0.0897. The van der Waals surface area contributed by atoms with Crippen LogP contribution in [0.1, 0.15) is 16.7 Å². The summed E-state index contributed by atoms with van der Waals surface area (Å²) in [6.45, 7) is 0. The summed E-state index contributed by atoms with van der Waals surface area (Å²) in [6, 6.07) is 37.4. The fraction of sp³-hybridized carbons (Fsp3) is 0.0357. The first-order valence-corrected chi connectivity index (χ1v) is 12.3. The molecule has 0 aliphatic carbocycles. The predicted molar refractivity (Wildman–Crippen MR) is 151 cm³/mol. The van der Waals surface area contributed by atoms with E-state index >= 15 is 0 Å². The minimum absolute atomic E-state index is 0.509. The number of hydrogen-bond donors (Lipinski definition) is 4. The van der Waals surface area contributed by atoms with Crippen molar-refractivity contribution in [2.75, 3.05) is 0 Å². The third kappa shape index (κ3) is 7.07. The van der Waals surface area contributed by atoms with Crippen molar-refractivity contribution in [2.24, 2.45) is 0 Å². The van der Waals surface area contributed by atoms with E-state index in [1.807, 2.05) is 109 Å². The first-order valence-electron chi connectivity index (χ1n) is 10.7. The number of carbonyl (C=O) groups excluding carboxylic acids is 1. The Hall–Kier alpha value is -3.36. The third-order valence-corrected chi connectivity index (χ3v) is 6.37. The Morgan fingerprint density at radius 3 is 1.54 bits per heavy atom. The number of carbonyl (C=O) groups is 1. The largest absolute Gasteiger partial charge is 0.376 e. The molecule has 5 aromatic rings. The molecule has 0 radical (unpaired) electrons. The minimum Gasteiger partial charge on any atom is -0.376 e. The third-order valence-electron chi connectivity index (χ3n) is 5.02. The summed E-state index contributed by atoms with van der Waals surface area (Å²) in [7, 11) is 0. The lowest BCUT2D eigenvalue weighted by Gasteiger charge is -2.30. The number of thiol groups is 1. The van der Waals surface area contributed by atoms with E-state index in [4.69, 9.17) is 17.6 Å². The van der Waals surface area contributed by atoms with Gasteiger partial charge in [0.2, 0.25) is 5.12 Å². The van der Waals surface area contributed by atoms with Crippen LogP contribution in [0.25, 0.3) is 10.2 Å². The minimum atomic E-state index is -1.12. The number of rotatable bonds is 4. The number of aromatic nitrogens is 1. The fourth-order valence-corrected chi connectivity index (χ4v) is 4.55. The van der Waals surface area contributed by atoms with Crippen molar-refractivity contribution >= 4 is 57.7 Å². The van der Waals surface area contributed by atoms with Crippen molar-refractivity contribution in [3.05, 3.63) is 136 Å². The Kier molecular flexibility index (Phi) is 9.69. The summed E-state index contributed by atoms with van der Waals surface area (Å²) >= 11 is 9.80. The van der Waals surface area contributed by atoms with Gasteiger partial charge in [0.25, 0.3) is 0 Å². The number of aromatic amines is 1. The molecule has 5 rings (SSSR count). The molecule has 0 saturated carbocycles. The second-order valence-electron chi connectivity index (χ2n) is 7.30. The van der Waals surface area contributed by atoms with Gasteiger partial charge in [0, 0.05) is 0 Å². The Balaban J connectivity index is 0.000000189. The average molecular weight is 517 g/mol. The van der Waals surface area contributed by atoms with E-state index in [1.165, 1.54) is 4.70 Å². The number of H-pyrrole nitrogens is 1. The molecule has 1 aromatic heterocycles. The summed E-state index contributed by atoms with van der Waals surface area (Å²) in [5.74, 6) is 0. The highest BCUT2D eigenvalue weighted by Crippen LogP contribution is 2.36. The first kappa shape index (κ1) is 26.2. The Labute approximate surface area is 218 Å². The van der Waals surface area contributed by atoms with Crippen LogP contribution in [0.4, 0.5) is 0 Å². The van der Waals surface area contributed by atoms with Crippen molar-refractivity contribution in [1.29, 1.82) is 5.41 Å². The van der Waals surface area contributed by atoms with Gasteiger partial charge in [-0.2, -0.15) is 0 Å². The number of thiazole rings is 1. The standard InChI is InChI=1S/C19H16O.C7H5NS2.C2H3NOS/c20-19(16-10-4-1-5-11-16,17-12-6-2-7-13-17)18-14-8-3-9-15-18;9-7-8-5-3-1-2-4-6(5)10-7;3-1-2(4)5/h1-15,20H;1-4H,(H,8,9);1,3H,(H,4,5). The van der Waals surface area contributed by atoms with Crippen molar-refractivity contribution < 1.29 is 9.90 Å².